The van der Waals surface area contributed by atoms with Gasteiger partial charge in [0.15, 0.2) is 0 Å². The summed E-state index contributed by atoms with van der Waals surface area (Å²) >= 11 is 0. The molecule has 1 aliphatic heterocycles. The number of carbonyl (C=O) groups is 1. The zero-order chi connectivity index (χ0) is 18.4. The van der Waals surface area contributed by atoms with Crippen LogP contribution in [0.15, 0.2) is 54.6 Å². The third-order valence-corrected chi connectivity index (χ3v) is 5.00. The molecule has 1 aliphatic rings. The summed E-state index contributed by atoms with van der Waals surface area (Å²) in [5, 5.41) is 10.1. The second-order valence-corrected chi connectivity index (χ2v) is 7.05. The van der Waals surface area contributed by atoms with Crippen LogP contribution in [0.1, 0.15) is 43.2 Å². The van der Waals surface area contributed by atoms with Gasteiger partial charge in [-0.15, -0.1) is 0 Å². The van der Waals surface area contributed by atoms with E-state index in [1.54, 1.807) is 12.1 Å². The van der Waals surface area contributed by atoms with Crippen molar-refractivity contribution in [1.29, 1.82) is 0 Å². The summed E-state index contributed by atoms with van der Waals surface area (Å²) in [5.41, 5.74) is 1.94. The highest BCUT2D eigenvalue weighted by Gasteiger charge is 2.24. The Morgan fingerprint density at radius 3 is 2.62 bits per heavy atom. The maximum atomic E-state index is 13.0. The molecule has 1 N–H and O–H groups in total. The van der Waals surface area contributed by atoms with Gasteiger partial charge >= 0.3 is 0 Å². The van der Waals surface area contributed by atoms with Crippen LogP contribution >= 0.6 is 0 Å². The van der Waals surface area contributed by atoms with Gasteiger partial charge in [-0.25, -0.2) is 0 Å². The summed E-state index contributed by atoms with van der Waals surface area (Å²) in [5.74, 6) is 0.480. The van der Waals surface area contributed by atoms with E-state index in [0.717, 1.165) is 25.0 Å². The Bertz CT molecular complexity index is 710. The number of carbonyl (C=O) groups excluding carboxylic acids is 1. The van der Waals surface area contributed by atoms with Crippen molar-refractivity contribution < 1.29 is 14.6 Å². The SMILES string of the molecule is CC(CC(=O)N(Cc1ccccc1O)CC1CCCO1)c1ccccc1. The van der Waals surface area contributed by atoms with Crippen LogP contribution in [0.2, 0.25) is 0 Å². The second kappa shape index (κ2) is 8.86. The Balaban J connectivity index is 1.71. The number of phenols is 1. The maximum Gasteiger partial charge on any atom is 0.223 e. The van der Waals surface area contributed by atoms with Crippen LogP contribution in [0.5, 0.6) is 5.75 Å². The van der Waals surface area contributed by atoms with Crippen LogP contribution < -0.4 is 0 Å². The Kier molecular flexibility index (Phi) is 6.29. The van der Waals surface area contributed by atoms with Gasteiger partial charge < -0.3 is 14.7 Å². The predicted molar refractivity (Wildman–Crippen MR) is 102 cm³/mol. The Hall–Kier alpha value is -2.33. The molecule has 2 aromatic carbocycles. The molecule has 0 aliphatic carbocycles. The molecular formula is C22H27NO3. The van der Waals surface area contributed by atoms with Crippen molar-refractivity contribution >= 4 is 5.91 Å². The smallest absolute Gasteiger partial charge is 0.223 e. The van der Waals surface area contributed by atoms with Crippen LogP contribution in [0, 0.1) is 0 Å². The Labute approximate surface area is 155 Å². The van der Waals surface area contributed by atoms with Crippen LogP contribution in [-0.4, -0.2) is 35.2 Å². The molecule has 0 aromatic heterocycles. The molecule has 4 nitrogen and oxygen atoms in total. The molecule has 2 aromatic rings. The molecule has 26 heavy (non-hydrogen) atoms. The first-order chi connectivity index (χ1) is 12.6. The summed E-state index contributed by atoms with van der Waals surface area (Å²) in [7, 11) is 0. The lowest BCUT2D eigenvalue weighted by Gasteiger charge is -2.27. The zero-order valence-corrected chi connectivity index (χ0v) is 15.3. The van der Waals surface area contributed by atoms with Gasteiger partial charge in [-0.1, -0.05) is 55.5 Å². The Morgan fingerprint density at radius 1 is 1.19 bits per heavy atom. The summed E-state index contributed by atoms with van der Waals surface area (Å²) in [6, 6.07) is 17.3. The molecule has 3 rings (SSSR count). The van der Waals surface area contributed by atoms with Crippen molar-refractivity contribution in [2.45, 2.75) is 44.8 Å². The molecule has 1 saturated heterocycles. The first-order valence-electron chi connectivity index (χ1n) is 9.34. The van der Waals surface area contributed by atoms with E-state index in [4.69, 9.17) is 4.74 Å². The lowest BCUT2D eigenvalue weighted by Crippen LogP contribution is -2.37. The molecule has 0 bridgehead atoms. The summed E-state index contributed by atoms with van der Waals surface area (Å²) < 4.78 is 5.73. The molecule has 1 fully saturated rings. The van der Waals surface area contributed by atoms with Crippen molar-refractivity contribution in [1.82, 2.24) is 4.90 Å². The minimum Gasteiger partial charge on any atom is -0.508 e. The van der Waals surface area contributed by atoms with Crippen molar-refractivity contribution in [2.75, 3.05) is 13.2 Å². The van der Waals surface area contributed by atoms with E-state index in [-0.39, 0.29) is 23.7 Å². The van der Waals surface area contributed by atoms with Gasteiger partial charge in [0.05, 0.1) is 6.10 Å². The molecule has 2 unspecified atom stereocenters. The molecule has 0 radical (unpaired) electrons. The second-order valence-electron chi connectivity index (χ2n) is 7.05. The van der Waals surface area contributed by atoms with E-state index in [9.17, 15) is 9.90 Å². The minimum absolute atomic E-state index is 0.0943. The molecule has 138 valence electrons. The summed E-state index contributed by atoms with van der Waals surface area (Å²) in [6.07, 6.45) is 2.57. The fourth-order valence-electron chi connectivity index (χ4n) is 3.43. The summed E-state index contributed by atoms with van der Waals surface area (Å²) in [6.45, 7) is 3.84. The van der Waals surface area contributed by atoms with Gasteiger partial charge in [-0.2, -0.15) is 0 Å². The fraction of sp³-hybridized carbons (Fsp3) is 0.409. The van der Waals surface area contributed by atoms with E-state index < -0.39 is 0 Å². The number of hydrogen-bond acceptors (Lipinski definition) is 3. The van der Waals surface area contributed by atoms with Crippen molar-refractivity contribution in [3.05, 3.63) is 65.7 Å². The van der Waals surface area contributed by atoms with Gasteiger partial charge in [-0.3, -0.25) is 4.79 Å². The monoisotopic (exact) mass is 353 g/mol. The van der Waals surface area contributed by atoms with E-state index >= 15 is 0 Å². The molecule has 0 saturated carbocycles. The van der Waals surface area contributed by atoms with Crippen LogP contribution in [-0.2, 0) is 16.1 Å². The minimum atomic E-state index is 0.0943. The lowest BCUT2D eigenvalue weighted by atomic mass is 9.97. The highest BCUT2D eigenvalue weighted by Crippen LogP contribution is 2.24. The van der Waals surface area contributed by atoms with Gasteiger partial charge in [0.25, 0.3) is 0 Å². The molecule has 0 spiro atoms. The molecule has 2 atom stereocenters. The lowest BCUT2D eigenvalue weighted by molar-refractivity contribution is -0.133. The number of ether oxygens (including phenoxy) is 1. The number of rotatable bonds is 7. The number of aromatic hydroxyl groups is 1. The van der Waals surface area contributed by atoms with Gasteiger partial charge in [-0.05, 0) is 30.4 Å². The standard InChI is InChI=1S/C22H27NO3/c1-17(18-8-3-2-4-9-18)14-22(25)23(16-20-11-7-13-26-20)15-19-10-5-6-12-21(19)24/h2-6,8-10,12,17,20,24H,7,11,13-16H2,1H3. The van der Waals surface area contributed by atoms with E-state index in [2.05, 4.69) is 19.1 Å². The van der Waals surface area contributed by atoms with E-state index in [1.807, 2.05) is 35.2 Å². The Morgan fingerprint density at radius 2 is 1.92 bits per heavy atom. The van der Waals surface area contributed by atoms with Gasteiger partial charge in [0.2, 0.25) is 5.91 Å². The zero-order valence-electron chi connectivity index (χ0n) is 15.3. The largest absolute Gasteiger partial charge is 0.508 e. The maximum absolute atomic E-state index is 13.0. The quantitative estimate of drug-likeness (QED) is 0.815. The van der Waals surface area contributed by atoms with Crippen molar-refractivity contribution in [2.24, 2.45) is 0 Å². The van der Waals surface area contributed by atoms with Crippen LogP contribution in [0.25, 0.3) is 0 Å². The molecule has 1 amide bonds. The van der Waals surface area contributed by atoms with Gasteiger partial charge in [0, 0.05) is 31.7 Å². The van der Waals surface area contributed by atoms with E-state index in [1.165, 1.54) is 5.56 Å². The number of amides is 1. The molecule has 4 heteroatoms. The average Bonchev–Trinajstić information content (AvgIpc) is 3.16. The van der Waals surface area contributed by atoms with Crippen LogP contribution in [0.3, 0.4) is 0 Å². The normalized spacial score (nSPS) is 17.8. The topological polar surface area (TPSA) is 49.8 Å². The average molecular weight is 353 g/mol. The van der Waals surface area contributed by atoms with Gasteiger partial charge in [0.1, 0.15) is 5.75 Å². The first-order valence-corrected chi connectivity index (χ1v) is 9.34. The van der Waals surface area contributed by atoms with Crippen molar-refractivity contribution in [3.8, 4) is 5.75 Å². The number of benzene rings is 2. The first kappa shape index (κ1) is 18.5. The fourth-order valence-corrected chi connectivity index (χ4v) is 3.43. The molecular weight excluding hydrogens is 326 g/mol. The van der Waals surface area contributed by atoms with Crippen molar-refractivity contribution in [3.63, 3.8) is 0 Å². The third-order valence-electron chi connectivity index (χ3n) is 5.00. The van der Waals surface area contributed by atoms with E-state index in [0.29, 0.717) is 19.5 Å². The number of hydrogen-bond donors (Lipinski definition) is 1. The number of phenolic OH excluding ortho intramolecular Hbond substituents is 1. The highest BCUT2D eigenvalue weighted by molar-refractivity contribution is 5.77. The highest BCUT2D eigenvalue weighted by atomic mass is 16.5. The third kappa shape index (κ3) is 4.85. The van der Waals surface area contributed by atoms with Crippen LogP contribution in [0.4, 0.5) is 0 Å². The predicted octanol–water partition coefficient (Wildman–Crippen LogP) is 4.09. The summed E-state index contributed by atoms with van der Waals surface area (Å²) in [4.78, 5) is 14.9. The number of para-hydroxylation sites is 1. The number of nitrogens with zero attached hydrogens (tertiary/aromatic N) is 1. The molecule has 1 heterocycles.